The number of carbonyl (C=O) groups excluding carboxylic acids is 1. The lowest BCUT2D eigenvalue weighted by molar-refractivity contribution is -0.121. The molecule has 1 heterocycles. The van der Waals surface area contributed by atoms with Gasteiger partial charge in [0, 0.05) is 31.4 Å². The lowest BCUT2D eigenvalue weighted by Crippen LogP contribution is -2.31. The second-order valence-corrected chi connectivity index (χ2v) is 3.73. The number of nitrogens with one attached hydrogen (secondary N) is 2. The largest absolute Gasteiger partial charge is 0.355 e. The van der Waals surface area contributed by atoms with Gasteiger partial charge in [0.05, 0.1) is 6.33 Å². The van der Waals surface area contributed by atoms with E-state index in [1.54, 1.807) is 12.5 Å². The van der Waals surface area contributed by atoms with Crippen LogP contribution in [-0.2, 0) is 11.2 Å². The lowest BCUT2D eigenvalue weighted by Gasteiger charge is -2.09. The van der Waals surface area contributed by atoms with Gasteiger partial charge < -0.3 is 15.2 Å². The van der Waals surface area contributed by atoms with Crippen molar-refractivity contribution < 1.29 is 4.79 Å². The van der Waals surface area contributed by atoms with Crippen LogP contribution < -0.4 is 5.32 Å². The smallest absolute Gasteiger partial charge is 0.220 e. The Balaban J connectivity index is 2.09. The van der Waals surface area contributed by atoms with Crippen molar-refractivity contribution in [3.8, 4) is 0 Å². The van der Waals surface area contributed by atoms with Crippen molar-refractivity contribution in [3.05, 3.63) is 18.2 Å². The van der Waals surface area contributed by atoms with Crippen LogP contribution in [0, 0.1) is 0 Å². The van der Waals surface area contributed by atoms with E-state index in [2.05, 4.69) is 15.3 Å². The third-order valence-electron chi connectivity index (χ3n) is 2.06. The average Bonchev–Trinajstić information content (AvgIpc) is 2.66. The van der Waals surface area contributed by atoms with E-state index in [0.29, 0.717) is 19.4 Å². The van der Waals surface area contributed by atoms with Gasteiger partial charge in [0.1, 0.15) is 0 Å². The minimum absolute atomic E-state index is 0.0893. The number of nitrogens with zero attached hydrogens (tertiary/aromatic N) is 2. The third-order valence-corrected chi connectivity index (χ3v) is 2.06. The second kappa shape index (κ2) is 6.19. The number of aromatic amines is 1. The molecule has 15 heavy (non-hydrogen) atoms. The van der Waals surface area contributed by atoms with Gasteiger partial charge in [-0.15, -0.1) is 0 Å². The van der Waals surface area contributed by atoms with Crippen molar-refractivity contribution >= 4 is 5.91 Å². The minimum atomic E-state index is 0.0893. The summed E-state index contributed by atoms with van der Waals surface area (Å²) >= 11 is 0. The summed E-state index contributed by atoms with van der Waals surface area (Å²) in [5, 5.41) is 2.86. The molecule has 0 fully saturated rings. The Morgan fingerprint density at radius 3 is 3.00 bits per heavy atom. The minimum Gasteiger partial charge on any atom is -0.355 e. The summed E-state index contributed by atoms with van der Waals surface area (Å²) in [4.78, 5) is 20.3. The maximum absolute atomic E-state index is 11.4. The molecule has 1 aromatic rings. The van der Waals surface area contributed by atoms with E-state index in [9.17, 15) is 4.79 Å². The average molecular weight is 210 g/mol. The summed E-state index contributed by atoms with van der Waals surface area (Å²) < 4.78 is 0. The topological polar surface area (TPSA) is 61.0 Å². The number of aryl methyl sites for hydroxylation is 1. The first kappa shape index (κ1) is 11.7. The maximum atomic E-state index is 11.4. The molecule has 1 amide bonds. The Labute approximate surface area is 89.9 Å². The van der Waals surface area contributed by atoms with Gasteiger partial charge in [0.2, 0.25) is 5.91 Å². The molecule has 0 saturated heterocycles. The highest BCUT2D eigenvalue weighted by Crippen LogP contribution is 1.96. The molecule has 5 heteroatoms. The Bertz CT molecular complexity index is 282. The van der Waals surface area contributed by atoms with Gasteiger partial charge in [0.25, 0.3) is 0 Å². The summed E-state index contributed by atoms with van der Waals surface area (Å²) in [7, 11) is 3.97. The molecule has 0 aliphatic heterocycles. The quantitative estimate of drug-likeness (QED) is 0.696. The van der Waals surface area contributed by atoms with Gasteiger partial charge in [-0.05, 0) is 20.5 Å². The number of hydrogen-bond donors (Lipinski definition) is 2. The summed E-state index contributed by atoms with van der Waals surface area (Å²) in [6, 6.07) is 0. The zero-order valence-electron chi connectivity index (χ0n) is 9.29. The molecule has 0 atom stereocenters. The first-order valence-corrected chi connectivity index (χ1v) is 5.07. The highest BCUT2D eigenvalue weighted by Gasteiger charge is 2.02. The van der Waals surface area contributed by atoms with Gasteiger partial charge in [-0.2, -0.15) is 0 Å². The Hall–Kier alpha value is -1.36. The van der Waals surface area contributed by atoms with Gasteiger partial charge in [-0.25, -0.2) is 4.98 Å². The number of H-pyrrole nitrogens is 1. The van der Waals surface area contributed by atoms with Crippen molar-refractivity contribution in [2.75, 3.05) is 27.2 Å². The first-order chi connectivity index (χ1) is 7.18. The third kappa shape index (κ3) is 5.17. The molecular formula is C10H18N4O. The molecule has 0 aliphatic rings. The number of rotatable bonds is 6. The Kier molecular flexibility index (Phi) is 4.83. The number of likely N-dealkylation sites (N-methyl/N-ethyl adjacent to an activating group) is 1. The number of carbonyl (C=O) groups is 1. The van der Waals surface area contributed by atoms with E-state index in [4.69, 9.17) is 0 Å². The molecular weight excluding hydrogens is 192 g/mol. The van der Waals surface area contributed by atoms with Crippen LogP contribution in [0.15, 0.2) is 12.5 Å². The normalized spacial score (nSPS) is 10.6. The Morgan fingerprint density at radius 1 is 1.60 bits per heavy atom. The zero-order chi connectivity index (χ0) is 11.1. The predicted octanol–water partition coefficient (Wildman–Crippen LogP) is 0.0201. The molecule has 5 nitrogen and oxygen atoms in total. The van der Waals surface area contributed by atoms with Crippen LogP contribution in [0.3, 0.4) is 0 Å². The molecule has 0 bridgehead atoms. The van der Waals surface area contributed by atoms with Crippen molar-refractivity contribution in [1.29, 1.82) is 0 Å². The molecule has 0 radical (unpaired) electrons. The van der Waals surface area contributed by atoms with Gasteiger partial charge in [-0.1, -0.05) is 0 Å². The van der Waals surface area contributed by atoms with Gasteiger partial charge in [-0.3, -0.25) is 4.79 Å². The van der Waals surface area contributed by atoms with Crippen molar-refractivity contribution in [1.82, 2.24) is 20.2 Å². The number of hydrogen-bond acceptors (Lipinski definition) is 3. The van der Waals surface area contributed by atoms with Gasteiger partial charge >= 0.3 is 0 Å². The first-order valence-electron chi connectivity index (χ1n) is 5.07. The van der Waals surface area contributed by atoms with Crippen LogP contribution in [0.4, 0.5) is 0 Å². The second-order valence-electron chi connectivity index (χ2n) is 3.73. The van der Waals surface area contributed by atoms with Gasteiger partial charge in [0.15, 0.2) is 0 Å². The van der Waals surface area contributed by atoms with Crippen LogP contribution in [0.1, 0.15) is 12.1 Å². The van der Waals surface area contributed by atoms with Crippen LogP contribution in [-0.4, -0.2) is 48.0 Å². The van der Waals surface area contributed by atoms with E-state index in [1.807, 2.05) is 19.0 Å². The maximum Gasteiger partial charge on any atom is 0.220 e. The lowest BCUT2D eigenvalue weighted by atomic mass is 10.2. The molecule has 0 aromatic carbocycles. The highest BCUT2D eigenvalue weighted by molar-refractivity contribution is 5.76. The number of amides is 1. The fourth-order valence-corrected chi connectivity index (χ4v) is 1.18. The van der Waals surface area contributed by atoms with E-state index >= 15 is 0 Å². The summed E-state index contributed by atoms with van der Waals surface area (Å²) in [6.07, 6.45) is 4.59. The fraction of sp³-hybridized carbons (Fsp3) is 0.600. The van der Waals surface area contributed by atoms with E-state index < -0.39 is 0 Å². The Morgan fingerprint density at radius 2 is 2.40 bits per heavy atom. The monoisotopic (exact) mass is 210 g/mol. The molecule has 0 aliphatic carbocycles. The fourth-order valence-electron chi connectivity index (χ4n) is 1.18. The zero-order valence-corrected chi connectivity index (χ0v) is 9.29. The number of aromatic nitrogens is 2. The highest BCUT2D eigenvalue weighted by atomic mass is 16.1. The van der Waals surface area contributed by atoms with E-state index in [-0.39, 0.29) is 5.91 Å². The van der Waals surface area contributed by atoms with Crippen molar-refractivity contribution in [2.24, 2.45) is 0 Å². The van der Waals surface area contributed by atoms with Crippen LogP contribution in [0.5, 0.6) is 0 Å². The van der Waals surface area contributed by atoms with E-state index in [0.717, 1.165) is 12.2 Å². The van der Waals surface area contributed by atoms with Crippen LogP contribution in [0.2, 0.25) is 0 Å². The van der Waals surface area contributed by atoms with Crippen molar-refractivity contribution in [2.45, 2.75) is 12.8 Å². The van der Waals surface area contributed by atoms with Crippen LogP contribution in [0.25, 0.3) is 0 Å². The predicted molar refractivity (Wildman–Crippen MR) is 58.5 cm³/mol. The summed E-state index contributed by atoms with van der Waals surface area (Å²) in [6.45, 7) is 1.57. The molecule has 1 aromatic heterocycles. The molecule has 0 spiro atoms. The molecule has 1 rings (SSSR count). The van der Waals surface area contributed by atoms with Crippen molar-refractivity contribution in [3.63, 3.8) is 0 Å². The summed E-state index contributed by atoms with van der Waals surface area (Å²) in [5.41, 5.74) is 0.998. The van der Waals surface area contributed by atoms with E-state index in [1.165, 1.54) is 0 Å². The molecule has 84 valence electrons. The molecule has 0 unspecified atom stereocenters. The SMILES string of the molecule is CN(C)CCNC(=O)CCc1cnc[nH]1. The number of imidazole rings is 1. The summed E-state index contributed by atoms with van der Waals surface area (Å²) in [5.74, 6) is 0.0893. The standard InChI is InChI=1S/C10H18N4O/c1-14(2)6-5-12-10(15)4-3-9-7-11-8-13-9/h7-8H,3-6H2,1-2H3,(H,11,13)(H,12,15). The van der Waals surface area contributed by atoms with Crippen LogP contribution >= 0.6 is 0 Å². The molecule has 0 saturated carbocycles. The molecule has 2 N–H and O–H groups in total.